The summed E-state index contributed by atoms with van der Waals surface area (Å²) < 4.78 is 5.18. The Morgan fingerprint density at radius 2 is 2.04 bits per heavy atom. The van der Waals surface area contributed by atoms with Gasteiger partial charge in [-0.15, -0.1) is 11.8 Å². The van der Waals surface area contributed by atoms with E-state index in [4.69, 9.17) is 9.84 Å². The van der Waals surface area contributed by atoms with Crippen molar-refractivity contribution in [2.75, 3.05) is 17.7 Å². The average Bonchev–Trinajstić information content (AvgIpc) is 2.62. The van der Waals surface area contributed by atoms with Crippen LogP contribution in [0.4, 0.5) is 11.4 Å². The highest BCUT2D eigenvalue weighted by Crippen LogP contribution is 2.37. The molecule has 2 aromatic carbocycles. The number of carboxylic acids is 1. The van der Waals surface area contributed by atoms with Crippen molar-refractivity contribution in [2.24, 2.45) is 0 Å². The van der Waals surface area contributed by atoms with Gasteiger partial charge in [0.2, 0.25) is 11.8 Å². The minimum absolute atomic E-state index is 0.0503. The van der Waals surface area contributed by atoms with Gasteiger partial charge in [0, 0.05) is 11.3 Å². The summed E-state index contributed by atoms with van der Waals surface area (Å²) in [5, 5.41) is 13.9. The normalized spacial score (nSPS) is 15.6. The Morgan fingerprint density at radius 3 is 2.77 bits per heavy atom. The number of ether oxygens (including phenoxy) is 1. The molecule has 0 saturated carbocycles. The molecule has 2 amide bonds. The molecule has 0 fully saturated rings. The lowest BCUT2D eigenvalue weighted by atomic mass is 10.2. The molecule has 0 aromatic heterocycles. The first-order valence-electron chi connectivity index (χ1n) is 7.75. The molecule has 134 valence electrons. The number of methoxy groups -OCH3 is 1. The van der Waals surface area contributed by atoms with Crippen LogP contribution in [0, 0.1) is 0 Å². The number of rotatable bonds is 5. The van der Waals surface area contributed by atoms with E-state index in [0.717, 1.165) is 0 Å². The average molecular weight is 372 g/mol. The highest BCUT2D eigenvalue weighted by Gasteiger charge is 2.29. The highest BCUT2D eigenvalue weighted by atomic mass is 32.2. The molecule has 26 heavy (non-hydrogen) atoms. The van der Waals surface area contributed by atoms with Gasteiger partial charge in [-0.2, -0.15) is 0 Å². The van der Waals surface area contributed by atoms with Gasteiger partial charge in [0.15, 0.2) is 0 Å². The van der Waals surface area contributed by atoms with Crippen molar-refractivity contribution in [3.05, 3.63) is 48.0 Å². The summed E-state index contributed by atoms with van der Waals surface area (Å²) in [4.78, 5) is 36.3. The zero-order valence-corrected chi connectivity index (χ0v) is 14.6. The van der Waals surface area contributed by atoms with Crippen molar-refractivity contribution in [1.29, 1.82) is 0 Å². The Kier molecular flexibility index (Phi) is 5.13. The minimum Gasteiger partial charge on any atom is -0.495 e. The third-order valence-corrected chi connectivity index (χ3v) is 5.06. The molecular weight excluding hydrogens is 356 g/mol. The fourth-order valence-corrected chi connectivity index (χ4v) is 3.68. The molecule has 0 spiro atoms. The van der Waals surface area contributed by atoms with Crippen molar-refractivity contribution < 1.29 is 24.2 Å². The summed E-state index contributed by atoms with van der Waals surface area (Å²) in [6, 6.07) is 11.5. The number of hydrogen-bond donors (Lipinski definition) is 3. The summed E-state index contributed by atoms with van der Waals surface area (Å²) in [7, 11) is 1.51. The van der Waals surface area contributed by atoms with Crippen LogP contribution >= 0.6 is 11.8 Å². The van der Waals surface area contributed by atoms with E-state index in [1.54, 1.807) is 30.3 Å². The van der Waals surface area contributed by atoms with Gasteiger partial charge in [-0.3, -0.25) is 9.59 Å². The standard InChI is InChI=1S/C18H16N2O5S/c1-25-13-5-3-2-4-11(13)19-16(21)9-15-17(22)20-12-7-6-10(18(23)24)8-14(12)26-15/h2-8,15H,9H2,1H3,(H,19,21)(H,20,22)(H,23,24)/t15-/m1/s1. The Labute approximate surface area is 153 Å². The maximum atomic E-state index is 12.3. The van der Waals surface area contributed by atoms with E-state index in [0.29, 0.717) is 22.0 Å². The van der Waals surface area contributed by atoms with Crippen LogP contribution in [0.25, 0.3) is 0 Å². The number of carbonyl (C=O) groups excluding carboxylic acids is 2. The topological polar surface area (TPSA) is 105 Å². The molecule has 3 N–H and O–H groups in total. The van der Waals surface area contributed by atoms with Crippen LogP contribution in [0.5, 0.6) is 5.75 Å². The Balaban J connectivity index is 1.72. The fraction of sp³-hybridized carbons (Fsp3) is 0.167. The monoisotopic (exact) mass is 372 g/mol. The van der Waals surface area contributed by atoms with Gasteiger partial charge in [0.05, 0.1) is 29.3 Å². The molecule has 1 aliphatic rings. The van der Waals surface area contributed by atoms with Gasteiger partial charge < -0.3 is 20.5 Å². The molecule has 2 aromatic rings. The Bertz CT molecular complexity index is 884. The third kappa shape index (κ3) is 3.80. The minimum atomic E-state index is -1.05. The molecule has 1 heterocycles. The molecule has 7 nitrogen and oxygen atoms in total. The molecule has 3 rings (SSSR count). The van der Waals surface area contributed by atoms with Gasteiger partial charge in [-0.25, -0.2) is 4.79 Å². The maximum Gasteiger partial charge on any atom is 0.335 e. The molecular formula is C18H16N2O5S. The van der Waals surface area contributed by atoms with E-state index in [1.165, 1.54) is 31.0 Å². The van der Waals surface area contributed by atoms with Crippen molar-refractivity contribution in [3.63, 3.8) is 0 Å². The predicted molar refractivity (Wildman–Crippen MR) is 97.9 cm³/mol. The van der Waals surface area contributed by atoms with Gasteiger partial charge in [-0.1, -0.05) is 12.1 Å². The van der Waals surface area contributed by atoms with E-state index >= 15 is 0 Å². The van der Waals surface area contributed by atoms with Crippen LogP contribution < -0.4 is 15.4 Å². The summed E-state index contributed by atoms with van der Waals surface area (Å²) in [5.41, 5.74) is 1.20. The Hall–Kier alpha value is -3.00. The second-order valence-electron chi connectivity index (χ2n) is 5.56. The second kappa shape index (κ2) is 7.49. The highest BCUT2D eigenvalue weighted by molar-refractivity contribution is 8.01. The molecule has 1 aliphatic heterocycles. The number of anilines is 2. The van der Waals surface area contributed by atoms with Gasteiger partial charge in [-0.05, 0) is 30.3 Å². The molecule has 0 unspecified atom stereocenters. The molecule has 1 atom stereocenters. The number of fused-ring (bicyclic) bond motifs is 1. The summed E-state index contributed by atoms with van der Waals surface area (Å²) in [6.07, 6.45) is -0.0503. The number of thioether (sulfide) groups is 1. The van der Waals surface area contributed by atoms with E-state index in [-0.39, 0.29) is 23.8 Å². The number of para-hydroxylation sites is 2. The first-order chi connectivity index (χ1) is 12.5. The zero-order chi connectivity index (χ0) is 18.7. The first-order valence-corrected chi connectivity index (χ1v) is 8.63. The van der Waals surface area contributed by atoms with Crippen molar-refractivity contribution in [1.82, 2.24) is 0 Å². The summed E-state index contributed by atoms with van der Waals surface area (Å²) >= 11 is 1.18. The largest absolute Gasteiger partial charge is 0.495 e. The fourth-order valence-electron chi connectivity index (χ4n) is 2.53. The van der Waals surface area contributed by atoms with E-state index < -0.39 is 11.2 Å². The third-order valence-electron chi connectivity index (χ3n) is 3.80. The SMILES string of the molecule is COc1ccccc1NC(=O)C[C@H]1Sc2cc(C(=O)O)ccc2NC1=O. The van der Waals surface area contributed by atoms with Crippen molar-refractivity contribution in [3.8, 4) is 5.75 Å². The van der Waals surface area contributed by atoms with Crippen LogP contribution in [0.15, 0.2) is 47.4 Å². The molecule has 0 radical (unpaired) electrons. The number of carbonyl (C=O) groups is 3. The van der Waals surface area contributed by atoms with Gasteiger partial charge in [0.25, 0.3) is 0 Å². The molecule has 0 bridgehead atoms. The van der Waals surface area contributed by atoms with E-state index in [1.807, 2.05) is 0 Å². The summed E-state index contributed by atoms with van der Waals surface area (Å²) in [5.74, 6) is -1.14. The first kappa shape index (κ1) is 17.8. The van der Waals surface area contributed by atoms with E-state index in [9.17, 15) is 14.4 Å². The van der Waals surface area contributed by atoms with Gasteiger partial charge >= 0.3 is 5.97 Å². The number of amides is 2. The van der Waals surface area contributed by atoms with Crippen molar-refractivity contribution in [2.45, 2.75) is 16.6 Å². The smallest absolute Gasteiger partial charge is 0.335 e. The quantitative estimate of drug-likeness (QED) is 0.745. The van der Waals surface area contributed by atoms with Crippen LogP contribution in [0.2, 0.25) is 0 Å². The number of aromatic carboxylic acids is 1. The number of carboxylic acid groups (broad SMARTS) is 1. The maximum absolute atomic E-state index is 12.3. The lowest BCUT2D eigenvalue weighted by Gasteiger charge is -2.24. The number of benzene rings is 2. The molecule has 0 aliphatic carbocycles. The van der Waals surface area contributed by atoms with Crippen LogP contribution in [0.3, 0.4) is 0 Å². The summed E-state index contributed by atoms with van der Waals surface area (Å²) in [6.45, 7) is 0. The number of nitrogens with one attached hydrogen (secondary N) is 2. The van der Waals surface area contributed by atoms with Crippen LogP contribution in [-0.4, -0.2) is 35.2 Å². The van der Waals surface area contributed by atoms with E-state index in [2.05, 4.69) is 10.6 Å². The lowest BCUT2D eigenvalue weighted by molar-refractivity contribution is -0.120. The van der Waals surface area contributed by atoms with Gasteiger partial charge in [0.1, 0.15) is 5.75 Å². The van der Waals surface area contributed by atoms with Crippen molar-refractivity contribution >= 4 is 40.9 Å². The predicted octanol–water partition coefficient (Wildman–Crippen LogP) is 2.83. The van der Waals surface area contributed by atoms with Crippen LogP contribution in [-0.2, 0) is 9.59 Å². The van der Waals surface area contributed by atoms with Crippen LogP contribution in [0.1, 0.15) is 16.8 Å². The zero-order valence-electron chi connectivity index (χ0n) is 13.8. The second-order valence-corrected chi connectivity index (χ2v) is 6.81. The molecule has 0 saturated heterocycles. The Morgan fingerprint density at radius 1 is 1.27 bits per heavy atom. The lowest BCUT2D eigenvalue weighted by Crippen LogP contribution is -2.32. The number of hydrogen-bond acceptors (Lipinski definition) is 5. The molecule has 8 heteroatoms.